The molecule has 2 rings (SSSR count). The summed E-state index contributed by atoms with van der Waals surface area (Å²) < 4.78 is 5.50. The van der Waals surface area contributed by atoms with Crippen molar-refractivity contribution in [3.8, 4) is 0 Å². The van der Waals surface area contributed by atoms with Crippen LogP contribution in [0.15, 0.2) is 12.1 Å². The highest BCUT2D eigenvalue weighted by atomic mass is 32.2. The second kappa shape index (κ2) is 8.21. The lowest BCUT2D eigenvalue weighted by Gasteiger charge is -2.33. The minimum Gasteiger partial charge on any atom is -0.444 e. The lowest BCUT2D eigenvalue weighted by molar-refractivity contribution is 0.0224. The first-order valence-corrected chi connectivity index (χ1v) is 10.2. The van der Waals surface area contributed by atoms with Crippen molar-refractivity contribution in [1.82, 2.24) is 4.90 Å². The number of carbonyl (C=O) groups is 1. The number of nitrogens with two attached hydrogens (primary N) is 1. The molecule has 0 aromatic heterocycles. The van der Waals surface area contributed by atoms with E-state index >= 15 is 0 Å². The first-order chi connectivity index (χ1) is 11.7. The Labute approximate surface area is 155 Å². The predicted molar refractivity (Wildman–Crippen MR) is 107 cm³/mol. The maximum absolute atomic E-state index is 12.4. The number of nitrogens with one attached hydrogen (secondary N) is 1. The fourth-order valence-corrected chi connectivity index (χ4v) is 3.66. The van der Waals surface area contributed by atoms with Crippen molar-refractivity contribution in [3.05, 3.63) is 23.3 Å². The quantitative estimate of drug-likeness (QED) is 0.773. The summed E-state index contributed by atoms with van der Waals surface area (Å²) in [6.45, 7) is 10.00. The van der Waals surface area contributed by atoms with Gasteiger partial charge in [-0.05, 0) is 68.4 Å². The van der Waals surface area contributed by atoms with E-state index < -0.39 is 5.60 Å². The standard InChI is InChI=1S/C19H31N3O2S/c1-13(12-25-5)10-21-17-7-6-16(20)15-11-22(9-8-14(15)17)18(23)24-19(2,3)4/h6-7,13,21H,8-12,20H2,1-5H3. The molecular weight excluding hydrogens is 334 g/mol. The van der Waals surface area contributed by atoms with Gasteiger partial charge in [0.05, 0.1) is 6.54 Å². The number of benzene rings is 1. The molecule has 1 aliphatic heterocycles. The van der Waals surface area contributed by atoms with E-state index in [1.807, 2.05) is 38.6 Å². The highest BCUT2D eigenvalue weighted by molar-refractivity contribution is 7.98. The molecule has 0 aliphatic carbocycles. The van der Waals surface area contributed by atoms with Crippen LogP contribution in [-0.2, 0) is 17.7 Å². The molecule has 140 valence electrons. The van der Waals surface area contributed by atoms with Crippen LogP contribution in [0.1, 0.15) is 38.8 Å². The van der Waals surface area contributed by atoms with Crippen LogP contribution in [0.25, 0.3) is 0 Å². The van der Waals surface area contributed by atoms with E-state index in [2.05, 4.69) is 24.6 Å². The van der Waals surface area contributed by atoms with Gasteiger partial charge in [0.2, 0.25) is 0 Å². The number of amides is 1. The zero-order valence-corrected chi connectivity index (χ0v) is 16.8. The van der Waals surface area contributed by atoms with Crippen molar-refractivity contribution in [2.24, 2.45) is 5.92 Å². The zero-order chi connectivity index (χ0) is 18.6. The minimum absolute atomic E-state index is 0.274. The van der Waals surface area contributed by atoms with Gasteiger partial charge < -0.3 is 20.7 Å². The van der Waals surface area contributed by atoms with Crippen molar-refractivity contribution in [3.63, 3.8) is 0 Å². The topological polar surface area (TPSA) is 67.6 Å². The van der Waals surface area contributed by atoms with Gasteiger partial charge in [0.1, 0.15) is 5.60 Å². The average Bonchev–Trinajstić information content (AvgIpc) is 2.53. The molecule has 1 heterocycles. The molecule has 0 spiro atoms. The number of anilines is 2. The number of carbonyl (C=O) groups excluding carboxylic acids is 1. The smallest absolute Gasteiger partial charge is 0.410 e. The molecule has 0 saturated heterocycles. The first kappa shape index (κ1) is 19.8. The third kappa shape index (κ3) is 5.46. The lowest BCUT2D eigenvalue weighted by atomic mass is 9.96. The number of thioether (sulfide) groups is 1. The second-order valence-corrected chi connectivity index (χ2v) is 8.66. The van der Waals surface area contributed by atoms with Gasteiger partial charge in [0.15, 0.2) is 0 Å². The summed E-state index contributed by atoms with van der Waals surface area (Å²) in [6.07, 6.45) is 2.65. The molecule has 1 aromatic carbocycles. The number of nitrogens with zero attached hydrogens (tertiary/aromatic N) is 1. The maximum atomic E-state index is 12.4. The van der Waals surface area contributed by atoms with Gasteiger partial charge in [-0.1, -0.05) is 6.92 Å². The number of hydrogen-bond acceptors (Lipinski definition) is 5. The predicted octanol–water partition coefficient (Wildman–Crippen LogP) is 3.97. The summed E-state index contributed by atoms with van der Waals surface area (Å²) in [5.41, 5.74) is 9.86. The summed E-state index contributed by atoms with van der Waals surface area (Å²) in [6, 6.07) is 3.99. The summed E-state index contributed by atoms with van der Waals surface area (Å²) in [4.78, 5) is 14.1. The highest BCUT2D eigenvalue weighted by Gasteiger charge is 2.27. The van der Waals surface area contributed by atoms with Gasteiger partial charge in [-0.15, -0.1) is 0 Å². The number of fused-ring (bicyclic) bond motifs is 1. The zero-order valence-electron chi connectivity index (χ0n) is 16.0. The van der Waals surface area contributed by atoms with Gasteiger partial charge in [0.25, 0.3) is 0 Å². The van der Waals surface area contributed by atoms with Crippen LogP contribution < -0.4 is 11.1 Å². The Hall–Kier alpha value is -1.56. The molecule has 1 atom stereocenters. The first-order valence-electron chi connectivity index (χ1n) is 8.82. The monoisotopic (exact) mass is 365 g/mol. The Morgan fingerprint density at radius 1 is 1.40 bits per heavy atom. The molecule has 1 aliphatic rings. The molecule has 0 radical (unpaired) electrons. The van der Waals surface area contributed by atoms with Gasteiger partial charge in [-0.2, -0.15) is 11.8 Å². The van der Waals surface area contributed by atoms with Crippen LogP contribution in [0.3, 0.4) is 0 Å². The molecule has 6 heteroatoms. The number of ether oxygens (including phenoxy) is 1. The third-order valence-electron chi connectivity index (χ3n) is 4.19. The number of nitrogen functional groups attached to an aromatic ring is 1. The molecule has 25 heavy (non-hydrogen) atoms. The van der Waals surface area contributed by atoms with E-state index in [0.717, 1.165) is 35.7 Å². The van der Waals surface area contributed by atoms with Gasteiger partial charge in [0, 0.05) is 24.5 Å². The largest absolute Gasteiger partial charge is 0.444 e. The Kier molecular flexibility index (Phi) is 6.49. The summed E-state index contributed by atoms with van der Waals surface area (Å²) in [5, 5.41) is 3.56. The van der Waals surface area contributed by atoms with E-state index in [1.165, 1.54) is 5.56 Å². The van der Waals surface area contributed by atoms with E-state index in [4.69, 9.17) is 10.5 Å². The average molecular weight is 366 g/mol. The Balaban J connectivity index is 2.11. The number of rotatable bonds is 5. The molecule has 0 fully saturated rings. The van der Waals surface area contributed by atoms with Crippen molar-refractivity contribution in [2.45, 2.75) is 46.3 Å². The fourth-order valence-electron chi connectivity index (χ4n) is 2.98. The summed E-state index contributed by atoms with van der Waals surface area (Å²) in [5.74, 6) is 1.74. The van der Waals surface area contributed by atoms with Gasteiger partial charge in [-0.25, -0.2) is 4.79 Å². The molecule has 0 saturated carbocycles. The second-order valence-electron chi connectivity index (χ2n) is 7.75. The maximum Gasteiger partial charge on any atom is 0.410 e. The van der Waals surface area contributed by atoms with Crippen LogP contribution in [0.2, 0.25) is 0 Å². The Morgan fingerprint density at radius 2 is 2.12 bits per heavy atom. The van der Waals surface area contributed by atoms with Gasteiger partial charge in [-0.3, -0.25) is 0 Å². The molecule has 1 unspecified atom stereocenters. The minimum atomic E-state index is -0.486. The van der Waals surface area contributed by atoms with Crippen LogP contribution >= 0.6 is 11.8 Å². The highest BCUT2D eigenvalue weighted by Crippen LogP contribution is 2.31. The summed E-state index contributed by atoms with van der Waals surface area (Å²) >= 11 is 1.87. The van der Waals surface area contributed by atoms with E-state index in [-0.39, 0.29) is 6.09 Å². The van der Waals surface area contributed by atoms with Crippen molar-refractivity contribution in [1.29, 1.82) is 0 Å². The summed E-state index contributed by atoms with van der Waals surface area (Å²) in [7, 11) is 0. The van der Waals surface area contributed by atoms with Crippen LogP contribution in [-0.4, -0.2) is 41.7 Å². The van der Waals surface area contributed by atoms with Gasteiger partial charge >= 0.3 is 6.09 Å². The van der Waals surface area contributed by atoms with Crippen molar-refractivity contribution in [2.75, 3.05) is 36.1 Å². The SMILES string of the molecule is CSCC(C)CNc1ccc(N)c2c1CCN(C(=O)OC(C)(C)C)C2. The normalized spacial score (nSPS) is 15.5. The van der Waals surface area contributed by atoms with E-state index in [1.54, 1.807) is 4.90 Å². The lowest BCUT2D eigenvalue weighted by Crippen LogP contribution is -2.40. The third-order valence-corrected chi connectivity index (χ3v) is 5.09. The van der Waals surface area contributed by atoms with Crippen LogP contribution in [0, 0.1) is 5.92 Å². The fraction of sp³-hybridized carbons (Fsp3) is 0.632. The Bertz CT molecular complexity index is 613. The van der Waals surface area contributed by atoms with E-state index in [9.17, 15) is 4.79 Å². The molecular formula is C19H31N3O2S. The van der Waals surface area contributed by atoms with Crippen LogP contribution in [0.5, 0.6) is 0 Å². The molecule has 1 amide bonds. The molecule has 5 nitrogen and oxygen atoms in total. The Morgan fingerprint density at radius 3 is 2.76 bits per heavy atom. The van der Waals surface area contributed by atoms with E-state index in [0.29, 0.717) is 19.0 Å². The molecule has 1 aromatic rings. The van der Waals surface area contributed by atoms with Crippen molar-refractivity contribution >= 4 is 29.2 Å². The van der Waals surface area contributed by atoms with Crippen LogP contribution in [0.4, 0.5) is 16.2 Å². The van der Waals surface area contributed by atoms with Crippen molar-refractivity contribution < 1.29 is 9.53 Å². The molecule has 0 bridgehead atoms. The molecule has 3 N–H and O–H groups in total. The number of hydrogen-bond donors (Lipinski definition) is 2.